The molecule has 1 N–H and O–H groups in total. The Morgan fingerprint density at radius 1 is 1.33 bits per heavy atom. The van der Waals surface area contributed by atoms with Gasteiger partial charge in [-0.25, -0.2) is 4.98 Å². The van der Waals surface area contributed by atoms with Crippen LogP contribution in [0.2, 0.25) is 0 Å². The molecule has 0 unspecified atom stereocenters. The van der Waals surface area contributed by atoms with Gasteiger partial charge in [0.25, 0.3) is 0 Å². The van der Waals surface area contributed by atoms with Gasteiger partial charge < -0.3 is 5.11 Å². The fourth-order valence-corrected chi connectivity index (χ4v) is 3.14. The van der Waals surface area contributed by atoms with Crippen LogP contribution in [0.1, 0.15) is 25.3 Å². The van der Waals surface area contributed by atoms with Gasteiger partial charge in [-0.1, -0.05) is 30.3 Å². The lowest BCUT2D eigenvalue weighted by Crippen LogP contribution is -2.43. The molecule has 1 fully saturated rings. The predicted octanol–water partition coefficient (Wildman–Crippen LogP) is 1.65. The third kappa shape index (κ3) is 3.31. The summed E-state index contributed by atoms with van der Waals surface area (Å²) < 4.78 is 1.88. The first-order chi connectivity index (χ1) is 10.1. The average molecular weight is 286 g/mol. The normalized spacial score (nSPS) is 22.3. The van der Waals surface area contributed by atoms with Gasteiger partial charge in [-0.3, -0.25) is 9.58 Å². The lowest BCUT2D eigenvalue weighted by molar-refractivity contribution is 0.00965. The van der Waals surface area contributed by atoms with Crippen LogP contribution in [0.3, 0.4) is 0 Å². The van der Waals surface area contributed by atoms with E-state index in [1.165, 1.54) is 6.42 Å². The largest absolute Gasteiger partial charge is 0.384 e. The Morgan fingerprint density at radius 2 is 2.14 bits per heavy atom. The van der Waals surface area contributed by atoms with E-state index >= 15 is 0 Å². The standard InChI is InChI=1S/C16H22N4O/c1-16(21,14-6-3-2-4-7-14)11-19-9-5-8-15(19)10-20-13-17-12-18-20/h2-4,6-7,12-13,15,21H,5,8-11H2,1H3/t15-,16+/m1/s1. The smallest absolute Gasteiger partial charge is 0.137 e. The lowest BCUT2D eigenvalue weighted by Gasteiger charge is -2.33. The zero-order valence-corrected chi connectivity index (χ0v) is 12.4. The van der Waals surface area contributed by atoms with E-state index in [1.54, 1.807) is 12.7 Å². The van der Waals surface area contributed by atoms with Crippen LogP contribution in [0.15, 0.2) is 43.0 Å². The van der Waals surface area contributed by atoms with Gasteiger partial charge in [0.05, 0.1) is 12.1 Å². The quantitative estimate of drug-likeness (QED) is 0.908. The summed E-state index contributed by atoms with van der Waals surface area (Å²) in [5.41, 5.74) is 0.142. The molecule has 1 aliphatic rings. The molecule has 0 aliphatic carbocycles. The SMILES string of the molecule is C[C@](O)(CN1CCC[C@@H]1Cn1cncn1)c1ccccc1. The van der Waals surface area contributed by atoms with E-state index in [9.17, 15) is 5.11 Å². The van der Waals surface area contributed by atoms with Gasteiger partial charge in [-0.2, -0.15) is 5.10 Å². The maximum Gasteiger partial charge on any atom is 0.137 e. The minimum absolute atomic E-state index is 0.418. The zero-order valence-electron chi connectivity index (χ0n) is 12.4. The van der Waals surface area contributed by atoms with E-state index in [0.29, 0.717) is 12.6 Å². The molecular formula is C16H22N4O. The van der Waals surface area contributed by atoms with E-state index in [0.717, 1.165) is 25.1 Å². The van der Waals surface area contributed by atoms with Crippen LogP contribution in [0, 0.1) is 0 Å². The molecule has 1 saturated heterocycles. The first-order valence-electron chi connectivity index (χ1n) is 7.49. The van der Waals surface area contributed by atoms with E-state index in [2.05, 4.69) is 15.0 Å². The van der Waals surface area contributed by atoms with Crippen LogP contribution in [0.4, 0.5) is 0 Å². The van der Waals surface area contributed by atoms with Crippen LogP contribution in [0.5, 0.6) is 0 Å². The molecule has 5 nitrogen and oxygen atoms in total. The van der Waals surface area contributed by atoms with E-state index in [-0.39, 0.29) is 0 Å². The molecule has 0 spiro atoms. The fourth-order valence-electron chi connectivity index (χ4n) is 3.14. The van der Waals surface area contributed by atoms with Gasteiger partial charge in [0.2, 0.25) is 0 Å². The average Bonchev–Trinajstić information content (AvgIpc) is 3.13. The second-order valence-electron chi connectivity index (χ2n) is 6.02. The van der Waals surface area contributed by atoms with Gasteiger partial charge in [0.15, 0.2) is 0 Å². The first-order valence-corrected chi connectivity index (χ1v) is 7.49. The molecule has 112 valence electrons. The van der Waals surface area contributed by atoms with Crippen LogP contribution in [-0.2, 0) is 12.1 Å². The Morgan fingerprint density at radius 3 is 2.86 bits per heavy atom. The summed E-state index contributed by atoms with van der Waals surface area (Å²) in [5.74, 6) is 0. The number of β-amino-alcohol motifs (C(OH)–C–C–N with tert-alkyl or cyclic N) is 1. The molecular weight excluding hydrogens is 264 g/mol. The Balaban J connectivity index is 1.68. The summed E-state index contributed by atoms with van der Waals surface area (Å²) in [6.45, 7) is 4.41. The second-order valence-corrected chi connectivity index (χ2v) is 6.02. The lowest BCUT2D eigenvalue weighted by atomic mass is 9.95. The van der Waals surface area contributed by atoms with Crippen LogP contribution in [0.25, 0.3) is 0 Å². The van der Waals surface area contributed by atoms with Crippen LogP contribution in [-0.4, -0.2) is 43.9 Å². The minimum Gasteiger partial charge on any atom is -0.384 e. The van der Waals surface area contributed by atoms with Crippen molar-refractivity contribution in [1.29, 1.82) is 0 Å². The number of hydrogen-bond donors (Lipinski definition) is 1. The third-order valence-corrected chi connectivity index (χ3v) is 4.27. The molecule has 2 heterocycles. The number of likely N-dealkylation sites (tertiary alicyclic amines) is 1. The highest BCUT2D eigenvalue weighted by Crippen LogP contribution is 2.26. The molecule has 1 aromatic carbocycles. The molecule has 1 aromatic heterocycles. The summed E-state index contributed by atoms with van der Waals surface area (Å²) in [5, 5.41) is 15.0. The third-order valence-electron chi connectivity index (χ3n) is 4.27. The van der Waals surface area contributed by atoms with Crippen molar-refractivity contribution in [3.8, 4) is 0 Å². The van der Waals surface area contributed by atoms with Crippen molar-refractivity contribution in [1.82, 2.24) is 19.7 Å². The first kappa shape index (κ1) is 14.2. The number of rotatable bonds is 5. The van der Waals surface area contributed by atoms with Gasteiger partial charge in [-0.15, -0.1) is 0 Å². The monoisotopic (exact) mass is 286 g/mol. The summed E-state index contributed by atoms with van der Waals surface area (Å²) in [6.07, 6.45) is 5.64. The molecule has 0 amide bonds. The van der Waals surface area contributed by atoms with E-state index in [4.69, 9.17) is 0 Å². The Labute approximate surface area is 125 Å². The molecule has 0 bridgehead atoms. The minimum atomic E-state index is -0.827. The van der Waals surface area contributed by atoms with Crippen LogP contribution < -0.4 is 0 Å². The molecule has 5 heteroatoms. The molecule has 2 aromatic rings. The number of hydrogen-bond acceptors (Lipinski definition) is 4. The van der Waals surface area contributed by atoms with Crippen molar-refractivity contribution in [3.05, 3.63) is 48.5 Å². The van der Waals surface area contributed by atoms with Crippen molar-refractivity contribution >= 4 is 0 Å². The van der Waals surface area contributed by atoms with Crippen LogP contribution >= 0.6 is 0 Å². The Hall–Kier alpha value is -1.72. The maximum atomic E-state index is 10.8. The molecule has 2 atom stereocenters. The molecule has 0 saturated carbocycles. The van der Waals surface area contributed by atoms with Gasteiger partial charge >= 0.3 is 0 Å². The van der Waals surface area contributed by atoms with E-state index in [1.807, 2.05) is 41.9 Å². The Kier molecular flexibility index (Phi) is 4.03. The van der Waals surface area contributed by atoms with Crippen molar-refractivity contribution in [3.63, 3.8) is 0 Å². The Bertz CT molecular complexity index is 553. The van der Waals surface area contributed by atoms with Crippen molar-refractivity contribution in [2.45, 2.75) is 38.0 Å². The van der Waals surface area contributed by atoms with Gasteiger partial charge in [0, 0.05) is 12.6 Å². The summed E-state index contributed by atoms with van der Waals surface area (Å²) in [6, 6.07) is 10.3. The maximum absolute atomic E-state index is 10.8. The van der Waals surface area contributed by atoms with Gasteiger partial charge in [-0.05, 0) is 31.9 Å². The number of benzene rings is 1. The molecule has 1 aliphatic heterocycles. The van der Waals surface area contributed by atoms with Gasteiger partial charge in [0.1, 0.15) is 12.7 Å². The topological polar surface area (TPSA) is 54.2 Å². The number of aromatic nitrogens is 3. The van der Waals surface area contributed by atoms with Crippen molar-refractivity contribution in [2.24, 2.45) is 0 Å². The second kappa shape index (κ2) is 5.95. The summed E-state index contributed by atoms with van der Waals surface area (Å²) >= 11 is 0. The summed E-state index contributed by atoms with van der Waals surface area (Å²) in [4.78, 5) is 6.37. The summed E-state index contributed by atoms with van der Waals surface area (Å²) in [7, 11) is 0. The predicted molar refractivity (Wildman–Crippen MR) is 80.6 cm³/mol. The highest BCUT2D eigenvalue weighted by Gasteiger charge is 2.32. The highest BCUT2D eigenvalue weighted by molar-refractivity contribution is 5.22. The van der Waals surface area contributed by atoms with Crippen molar-refractivity contribution < 1.29 is 5.11 Å². The highest BCUT2D eigenvalue weighted by atomic mass is 16.3. The number of nitrogens with zero attached hydrogens (tertiary/aromatic N) is 4. The van der Waals surface area contributed by atoms with E-state index < -0.39 is 5.60 Å². The molecule has 3 rings (SSSR count). The zero-order chi connectivity index (χ0) is 14.7. The van der Waals surface area contributed by atoms with Crippen molar-refractivity contribution in [2.75, 3.05) is 13.1 Å². The number of aliphatic hydroxyl groups is 1. The fraction of sp³-hybridized carbons (Fsp3) is 0.500. The molecule has 0 radical (unpaired) electrons. The molecule has 21 heavy (non-hydrogen) atoms.